The topological polar surface area (TPSA) is 47.0 Å². The largest absolute Gasteiger partial charge is 0.497 e. The van der Waals surface area contributed by atoms with E-state index in [0.29, 0.717) is 0 Å². The molecule has 4 nitrogen and oxygen atoms in total. The van der Waals surface area contributed by atoms with Gasteiger partial charge in [-0.2, -0.15) is 0 Å². The maximum Gasteiger partial charge on any atom is 0.152 e. The third-order valence-electron chi connectivity index (χ3n) is 2.39. The highest BCUT2D eigenvalue weighted by atomic mass is 16.5. The van der Waals surface area contributed by atoms with E-state index in [1.807, 2.05) is 31.2 Å². The number of nitrogens with zero attached hydrogens (tertiary/aromatic N) is 2. The van der Waals surface area contributed by atoms with Crippen molar-refractivity contribution >= 4 is 5.82 Å². The van der Waals surface area contributed by atoms with Crippen molar-refractivity contribution in [3.05, 3.63) is 36.7 Å². The van der Waals surface area contributed by atoms with Crippen LogP contribution in [-0.4, -0.2) is 23.6 Å². The summed E-state index contributed by atoms with van der Waals surface area (Å²) in [5.74, 6) is 1.61. The van der Waals surface area contributed by atoms with E-state index in [2.05, 4.69) is 15.3 Å². The Balaban J connectivity index is 2.44. The van der Waals surface area contributed by atoms with Crippen LogP contribution in [0.4, 0.5) is 5.82 Å². The predicted octanol–water partition coefficient (Wildman–Crippen LogP) is 2.58. The Labute approximate surface area is 101 Å². The van der Waals surface area contributed by atoms with Gasteiger partial charge in [-0.25, -0.2) is 4.98 Å². The molecule has 0 unspecified atom stereocenters. The van der Waals surface area contributed by atoms with Gasteiger partial charge in [0.1, 0.15) is 11.4 Å². The summed E-state index contributed by atoms with van der Waals surface area (Å²) < 4.78 is 5.21. The van der Waals surface area contributed by atoms with Gasteiger partial charge < -0.3 is 10.1 Å². The number of aromatic nitrogens is 2. The molecule has 4 heteroatoms. The highest BCUT2D eigenvalue weighted by Crippen LogP contribution is 2.26. The number of nitrogens with one attached hydrogen (secondary N) is 1. The first-order valence-corrected chi connectivity index (χ1v) is 5.54. The molecular weight excluding hydrogens is 214 g/mol. The van der Waals surface area contributed by atoms with Crippen LogP contribution in [0.2, 0.25) is 0 Å². The van der Waals surface area contributed by atoms with E-state index >= 15 is 0 Å². The highest BCUT2D eigenvalue weighted by Gasteiger charge is 2.07. The number of ether oxygens (including phenoxy) is 1. The first kappa shape index (κ1) is 11.4. The van der Waals surface area contributed by atoms with Crippen LogP contribution in [0.1, 0.15) is 6.92 Å². The monoisotopic (exact) mass is 229 g/mol. The van der Waals surface area contributed by atoms with Crippen LogP contribution in [-0.2, 0) is 0 Å². The summed E-state index contributed by atoms with van der Waals surface area (Å²) in [6, 6.07) is 7.80. The molecule has 0 aliphatic heterocycles. The Hall–Kier alpha value is -2.10. The first-order chi connectivity index (χ1) is 8.35. The second-order valence-electron chi connectivity index (χ2n) is 3.52. The van der Waals surface area contributed by atoms with Gasteiger partial charge in [-0.15, -0.1) is 0 Å². The maximum absolute atomic E-state index is 5.21. The zero-order valence-corrected chi connectivity index (χ0v) is 9.97. The van der Waals surface area contributed by atoms with Crippen LogP contribution in [0.15, 0.2) is 36.7 Å². The van der Waals surface area contributed by atoms with Crippen molar-refractivity contribution in [2.24, 2.45) is 0 Å². The first-order valence-electron chi connectivity index (χ1n) is 5.54. The van der Waals surface area contributed by atoms with Crippen molar-refractivity contribution in [1.29, 1.82) is 0 Å². The normalized spacial score (nSPS) is 10.0. The molecule has 0 saturated carbocycles. The molecule has 0 aliphatic rings. The van der Waals surface area contributed by atoms with Gasteiger partial charge in [-0.05, 0) is 19.1 Å². The van der Waals surface area contributed by atoms with E-state index in [-0.39, 0.29) is 0 Å². The molecule has 1 aromatic heterocycles. The molecule has 0 aliphatic carbocycles. The fraction of sp³-hybridized carbons (Fsp3) is 0.231. The molecule has 88 valence electrons. The lowest BCUT2D eigenvalue weighted by atomic mass is 10.1. The smallest absolute Gasteiger partial charge is 0.152 e. The zero-order chi connectivity index (χ0) is 12.1. The summed E-state index contributed by atoms with van der Waals surface area (Å²) in [5.41, 5.74) is 1.83. The number of hydrogen-bond acceptors (Lipinski definition) is 4. The van der Waals surface area contributed by atoms with Crippen LogP contribution >= 0.6 is 0 Å². The second kappa shape index (κ2) is 5.30. The molecule has 0 fully saturated rings. The van der Waals surface area contributed by atoms with Gasteiger partial charge in [0.15, 0.2) is 5.82 Å². The molecule has 1 aromatic carbocycles. The Morgan fingerprint density at radius 3 is 2.82 bits per heavy atom. The van der Waals surface area contributed by atoms with Gasteiger partial charge in [0.25, 0.3) is 0 Å². The van der Waals surface area contributed by atoms with E-state index in [9.17, 15) is 0 Å². The SMILES string of the molecule is CCNc1nccnc1-c1cccc(OC)c1. The molecule has 0 bridgehead atoms. The van der Waals surface area contributed by atoms with Crippen molar-refractivity contribution in [2.75, 3.05) is 19.0 Å². The fourth-order valence-electron chi connectivity index (χ4n) is 1.62. The molecular formula is C13H15N3O. The number of rotatable bonds is 4. The molecule has 0 amide bonds. The van der Waals surface area contributed by atoms with Crippen molar-refractivity contribution < 1.29 is 4.74 Å². The quantitative estimate of drug-likeness (QED) is 0.875. The van der Waals surface area contributed by atoms with E-state index in [1.54, 1.807) is 19.5 Å². The van der Waals surface area contributed by atoms with E-state index < -0.39 is 0 Å². The van der Waals surface area contributed by atoms with Crippen molar-refractivity contribution in [3.8, 4) is 17.0 Å². The van der Waals surface area contributed by atoms with Crippen LogP contribution < -0.4 is 10.1 Å². The molecule has 1 heterocycles. The lowest BCUT2D eigenvalue weighted by Crippen LogP contribution is -2.02. The molecule has 0 atom stereocenters. The third-order valence-corrected chi connectivity index (χ3v) is 2.39. The van der Waals surface area contributed by atoms with E-state index in [1.165, 1.54) is 0 Å². The average Bonchev–Trinajstić information content (AvgIpc) is 2.40. The van der Waals surface area contributed by atoms with Gasteiger partial charge >= 0.3 is 0 Å². The molecule has 2 rings (SSSR count). The number of hydrogen-bond donors (Lipinski definition) is 1. The summed E-state index contributed by atoms with van der Waals surface area (Å²) >= 11 is 0. The van der Waals surface area contributed by atoms with Gasteiger partial charge in [-0.1, -0.05) is 12.1 Å². The number of methoxy groups -OCH3 is 1. The minimum atomic E-state index is 0.795. The summed E-state index contributed by atoms with van der Waals surface area (Å²) in [7, 11) is 1.65. The Morgan fingerprint density at radius 1 is 1.24 bits per heavy atom. The van der Waals surface area contributed by atoms with Crippen LogP contribution in [0.5, 0.6) is 5.75 Å². The lowest BCUT2D eigenvalue weighted by molar-refractivity contribution is 0.415. The number of anilines is 1. The van der Waals surface area contributed by atoms with Crippen molar-refractivity contribution in [1.82, 2.24) is 9.97 Å². The second-order valence-corrected chi connectivity index (χ2v) is 3.52. The van der Waals surface area contributed by atoms with E-state index in [4.69, 9.17) is 4.74 Å². The van der Waals surface area contributed by atoms with E-state index in [0.717, 1.165) is 29.4 Å². The Morgan fingerprint density at radius 2 is 2.06 bits per heavy atom. The molecule has 0 spiro atoms. The summed E-state index contributed by atoms with van der Waals surface area (Å²) in [6.45, 7) is 2.85. The van der Waals surface area contributed by atoms with Gasteiger partial charge in [-0.3, -0.25) is 4.98 Å². The van der Waals surface area contributed by atoms with Crippen LogP contribution in [0.3, 0.4) is 0 Å². The summed E-state index contributed by atoms with van der Waals surface area (Å²) in [5, 5.41) is 3.20. The summed E-state index contributed by atoms with van der Waals surface area (Å²) in [6.07, 6.45) is 3.37. The Bertz CT molecular complexity index is 500. The minimum Gasteiger partial charge on any atom is -0.497 e. The maximum atomic E-state index is 5.21. The number of benzene rings is 1. The highest BCUT2D eigenvalue weighted by molar-refractivity contribution is 5.71. The predicted molar refractivity (Wildman–Crippen MR) is 68.2 cm³/mol. The fourth-order valence-corrected chi connectivity index (χ4v) is 1.62. The van der Waals surface area contributed by atoms with Crippen molar-refractivity contribution in [3.63, 3.8) is 0 Å². The lowest BCUT2D eigenvalue weighted by Gasteiger charge is -2.09. The standard InChI is InChI=1S/C13H15N3O/c1-3-14-13-12(15-7-8-16-13)10-5-4-6-11(9-10)17-2/h4-9H,3H2,1-2H3,(H,14,16). The zero-order valence-electron chi connectivity index (χ0n) is 9.97. The molecule has 2 aromatic rings. The Kier molecular flexibility index (Phi) is 3.55. The van der Waals surface area contributed by atoms with Crippen LogP contribution in [0.25, 0.3) is 11.3 Å². The third kappa shape index (κ3) is 2.53. The van der Waals surface area contributed by atoms with Gasteiger partial charge in [0.2, 0.25) is 0 Å². The molecule has 1 N–H and O–H groups in total. The van der Waals surface area contributed by atoms with Gasteiger partial charge in [0.05, 0.1) is 7.11 Å². The average molecular weight is 229 g/mol. The molecule has 17 heavy (non-hydrogen) atoms. The molecule has 0 saturated heterocycles. The summed E-state index contributed by atoms with van der Waals surface area (Å²) in [4.78, 5) is 8.65. The van der Waals surface area contributed by atoms with Gasteiger partial charge in [0, 0.05) is 24.5 Å². The van der Waals surface area contributed by atoms with Crippen molar-refractivity contribution in [2.45, 2.75) is 6.92 Å². The van der Waals surface area contributed by atoms with Crippen LogP contribution in [0, 0.1) is 0 Å². The minimum absolute atomic E-state index is 0.795. The molecule has 0 radical (unpaired) electrons.